The summed E-state index contributed by atoms with van der Waals surface area (Å²) in [6, 6.07) is 6.13. The van der Waals surface area contributed by atoms with E-state index in [2.05, 4.69) is 15.6 Å². The fourth-order valence-electron chi connectivity index (χ4n) is 6.08. The van der Waals surface area contributed by atoms with Crippen molar-refractivity contribution in [3.63, 3.8) is 0 Å². The van der Waals surface area contributed by atoms with Crippen LogP contribution in [-0.2, 0) is 24.3 Å². The van der Waals surface area contributed by atoms with Crippen molar-refractivity contribution in [2.45, 2.75) is 64.2 Å². The van der Waals surface area contributed by atoms with Crippen molar-refractivity contribution < 1.29 is 22.9 Å². The highest BCUT2D eigenvalue weighted by atomic mass is 35.5. The lowest BCUT2D eigenvalue weighted by Crippen LogP contribution is -2.55. The molecule has 2 atom stereocenters. The molecule has 0 bridgehead atoms. The van der Waals surface area contributed by atoms with E-state index in [0.717, 1.165) is 0 Å². The van der Waals surface area contributed by atoms with Gasteiger partial charge < -0.3 is 15.0 Å². The number of sulfone groups is 1. The Balaban J connectivity index is 1.85. The molecule has 232 valence electrons. The molecular formula is C31H29Cl4N3O5S. The maximum Gasteiger partial charge on any atom is 0.242 e. The van der Waals surface area contributed by atoms with Gasteiger partial charge >= 0.3 is 0 Å². The van der Waals surface area contributed by atoms with E-state index >= 15 is 8.42 Å². The molecule has 3 aromatic carbocycles. The number of anilines is 1. The predicted octanol–water partition coefficient (Wildman–Crippen LogP) is 7.86. The largest absolute Gasteiger partial charge is 0.391 e. The van der Waals surface area contributed by atoms with Gasteiger partial charge in [-0.05, 0) is 87.1 Å². The molecule has 0 aromatic heterocycles. The van der Waals surface area contributed by atoms with Crippen LogP contribution in [0.5, 0.6) is 0 Å². The van der Waals surface area contributed by atoms with Crippen LogP contribution in [0, 0.1) is 41.5 Å². The average molecular weight is 697 g/mol. The van der Waals surface area contributed by atoms with Crippen molar-refractivity contribution >= 4 is 79.3 Å². The van der Waals surface area contributed by atoms with Crippen molar-refractivity contribution in [1.82, 2.24) is 0 Å². The number of hydrogen-bond acceptors (Lipinski definition) is 7. The van der Waals surface area contributed by atoms with Crippen LogP contribution in [0.25, 0.3) is 0 Å². The zero-order valence-electron chi connectivity index (χ0n) is 24.9. The van der Waals surface area contributed by atoms with E-state index in [0.29, 0.717) is 64.6 Å². The predicted molar refractivity (Wildman–Crippen MR) is 176 cm³/mol. The van der Waals surface area contributed by atoms with Crippen molar-refractivity contribution in [3.05, 3.63) is 88.9 Å². The van der Waals surface area contributed by atoms with Crippen LogP contribution >= 0.6 is 46.4 Å². The number of halogens is 4. The summed E-state index contributed by atoms with van der Waals surface area (Å²) < 4.78 is 30.1. The van der Waals surface area contributed by atoms with Gasteiger partial charge in [0.2, 0.25) is 11.5 Å². The molecule has 13 heteroatoms. The van der Waals surface area contributed by atoms with Gasteiger partial charge in [-0.25, -0.2) is 8.42 Å². The van der Waals surface area contributed by atoms with Gasteiger partial charge in [-0.2, -0.15) is 0 Å². The molecule has 44 heavy (non-hydrogen) atoms. The lowest BCUT2D eigenvalue weighted by atomic mass is 9.81. The number of rotatable bonds is 5. The van der Waals surface area contributed by atoms with Crippen LogP contribution in [0.2, 0.25) is 20.1 Å². The van der Waals surface area contributed by atoms with E-state index in [-0.39, 0.29) is 28.6 Å². The van der Waals surface area contributed by atoms with Crippen LogP contribution in [-0.4, -0.2) is 43.2 Å². The minimum Gasteiger partial charge on any atom is -0.391 e. The summed E-state index contributed by atoms with van der Waals surface area (Å²) in [6.07, 6.45) is 0. The Kier molecular flexibility index (Phi) is 8.53. The molecule has 0 saturated carbocycles. The lowest BCUT2D eigenvalue weighted by Gasteiger charge is -2.31. The van der Waals surface area contributed by atoms with Gasteiger partial charge in [-0.15, -0.1) is 0 Å². The fraction of sp³-hybridized carbons (Fsp3) is 0.323. The summed E-state index contributed by atoms with van der Waals surface area (Å²) in [4.78, 5) is 23.8. The quantitative estimate of drug-likeness (QED) is 0.292. The van der Waals surface area contributed by atoms with Crippen molar-refractivity contribution in [1.29, 1.82) is 0 Å². The van der Waals surface area contributed by atoms with Gasteiger partial charge in [0, 0.05) is 38.1 Å². The van der Waals surface area contributed by atoms with E-state index in [1.54, 1.807) is 53.7 Å². The Labute approximate surface area is 276 Å². The van der Waals surface area contributed by atoms with Crippen molar-refractivity contribution in [3.8, 4) is 0 Å². The molecule has 0 saturated heterocycles. The van der Waals surface area contributed by atoms with Gasteiger partial charge in [-0.1, -0.05) is 68.8 Å². The van der Waals surface area contributed by atoms with E-state index in [1.807, 2.05) is 0 Å². The highest BCUT2D eigenvalue weighted by Gasteiger charge is 2.64. The first-order valence-corrected chi connectivity index (χ1v) is 16.6. The van der Waals surface area contributed by atoms with Gasteiger partial charge in [0.1, 0.15) is 11.4 Å². The van der Waals surface area contributed by atoms with Crippen LogP contribution in [0.3, 0.4) is 0 Å². The summed E-state index contributed by atoms with van der Waals surface area (Å²) in [5, 5.41) is 11.4. The zero-order chi connectivity index (χ0) is 32.5. The minimum atomic E-state index is -4.45. The lowest BCUT2D eigenvalue weighted by molar-refractivity contribution is -0.114. The molecule has 8 nitrogen and oxygen atoms in total. The second kappa shape index (κ2) is 11.5. The van der Waals surface area contributed by atoms with Gasteiger partial charge in [-0.3, -0.25) is 4.79 Å². The molecular weight excluding hydrogens is 668 g/mol. The second-order valence-corrected chi connectivity index (χ2v) is 14.5. The number of nitrogens with zero attached hydrogens (tertiary/aromatic N) is 2. The average Bonchev–Trinajstić information content (AvgIpc) is 3.57. The summed E-state index contributed by atoms with van der Waals surface area (Å²) in [5.41, 5.74) is 3.19. The molecule has 5 rings (SSSR count). The maximum absolute atomic E-state index is 15.0. The molecule has 0 aliphatic carbocycles. The van der Waals surface area contributed by atoms with Crippen molar-refractivity contribution in [2.75, 3.05) is 11.9 Å². The van der Waals surface area contributed by atoms with E-state index in [9.17, 15) is 4.79 Å². The number of para-hydroxylation sites is 1. The number of carbonyl (C=O) groups is 1. The first-order chi connectivity index (χ1) is 20.6. The number of amides is 1. The maximum atomic E-state index is 15.0. The molecule has 1 amide bonds. The SMILES string of the molecule is CC(=O)Nc1ccccc1S(=O)(=O)[C@H]1C(c2c(C)c(Cl)c(C)c(Cl)c2C)=NO[C@]12CON=C2c1c(C)c(Cl)c(C)c(Cl)c1C. The first kappa shape index (κ1) is 32.6. The third-order valence-corrected chi connectivity index (χ3v) is 12.7. The first-order valence-electron chi connectivity index (χ1n) is 13.5. The van der Waals surface area contributed by atoms with Crippen LogP contribution in [0.15, 0.2) is 39.5 Å². The van der Waals surface area contributed by atoms with Gasteiger partial charge in [0.15, 0.2) is 21.7 Å². The highest BCUT2D eigenvalue weighted by Crippen LogP contribution is 2.47. The Hall–Kier alpha value is -2.82. The molecule has 2 aliphatic heterocycles. The van der Waals surface area contributed by atoms with E-state index in [1.165, 1.54) is 19.1 Å². The number of nitrogens with one attached hydrogen (secondary N) is 1. The topological polar surface area (TPSA) is 106 Å². The normalized spacial score (nSPS) is 19.5. The van der Waals surface area contributed by atoms with Crippen LogP contribution in [0.1, 0.15) is 51.4 Å². The fourth-order valence-corrected chi connectivity index (χ4v) is 9.06. The zero-order valence-corrected chi connectivity index (χ0v) is 28.8. The Morgan fingerprint density at radius 2 is 1.32 bits per heavy atom. The van der Waals surface area contributed by atoms with E-state index in [4.69, 9.17) is 56.1 Å². The summed E-state index contributed by atoms with van der Waals surface area (Å²) in [6.45, 7) is 11.7. The van der Waals surface area contributed by atoms with Gasteiger partial charge in [0.25, 0.3) is 0 Å². The van der Waals surface area contributed by atoms with Crippen LogP contribution < -0.4 is 5.32 Å². The minimum absolute atomic E-state index is 0.0687. The summed E-state index contributed by atoms with van der Waals surface area (Å²) in [5.74, 6) is -0.440. The number of benzene rings is 3. The third kappa shape index (κ3) is 4.79. The van der Waals surface area contributed by atoms with Crippen LogP contribution in [0.4, 0.5) is 5.69 Å². The summed E-state index contributed by atoms with van der Waals surface area (Å²) >= 11 is 26.8. The molecule has 0 unspecified atom stereocenters. The smallest absolute Gasteiger partial charge is 0.242 e. The number of carbonyl (C=O) groups excluding carboxylic acids is 1. The molecule has 1 spiro atoms. The second-order valence-electron chi connectivity index (χ2n) is 11.0. The van der Waals surface area contributed by atoms with Crippen molar-refractivity contribution in [2.24, 2.45) is 10.3 Å². The Bertz CT molecular complexity index is 1880. The number of hydrogen-bond donors (Lipinski definition) is 1. The molecule has 2 aliphatic rings. The van der Waals surface area contributed by atoms with Gasteiger partial charge in [0.05, 0.1) is 10.6 Å². The standard InChI is InChI=1S/C31H29Cl4N3O5S/c1-13-22(14(2)25(33)17(5)24(13)32)28-30(44(40,41)21-11-9-8-10-20(21)36-19(7)39)31(43-37-28)12-42-38-29(31)23-15(3)26(34)18(6)27(35)16(23)4/h8-11,30H,12H2,1-7H3,(H,36,39)/t30-,31-/m0/s1. The molecule has 3 aromatic rings. The number of oxime groups is 2. The third-order valence-electron chi connectivity index (χ3n) is 8.26. The molecule has 0 fully saturated rings. The molecule has 1 N–H and O–H groups in total. The Morgan fingerprint density at radius 3 is 1.84 bits per heavy atom. The molecule has 2 heterocycles. The molecule has 0 radical (unpaired) electrons. The highest BCUT2D eigenvalue weighted by molar-refractivity contribution is 7.93. The Morgan fingerprint density at radius 1 is 0.818 bits per heavy atom. The monoisotopic (exact) mass is 695 g/mol. The van der Waals surface area contributed by atoms with E-state index < -0.39 is 26.6 Å². The summed E-state index contributed by atoms with van der Waals surface area (Å²) in [7, 11) is -4.45.